The van der Waals surface area contributed by atoms with Crippen LogP contribution in [-0.4, -0.2) is 22.5 Å². The van der Waals surface area contributed by atoms with Crippen LogP contribution in [0.4, 0.5) is 0 Å². The van der Waals surface area contributed by atoms with Crippen LogP contribution in [0.25, 0.3) is 0 Å². The Kier molecular flexibility index (Phi) is 2.69. The van der Waals surface area contributed by atoms with Crippen molar-refractivity contribution in [3.63, 3.8) is 0 Å². The molecule has 0 saturated heterocycles. The lowest BCUT2D eigenvalue weighted by Crippen LogP contribution is -2.53. The summed E-state index contributed by atoms with van der Waals surface area (Å²) in [5.41, 5.74) is -0.821. The van der Waals surface area contributed by atoms with Crippen LogP contribution in [0.5, 0.6) is 0 Å². The van der Waals surface area contributed by atoms with Crippen molar-refractivity contribution in [2.45, 2.75) is 32.2 Å². The number of aryl methyl sites for hydroxylation is 1. The van der Waals surface area contributed by atoms with Gasteiger partial charge in [0.05, 0.1) is 5.56 Å². The van der Waals surface area contributed by atoms with E-state index in [4.69, 9.17) is 4.42 Å². The Morgan fingerprint density at radius 3 is 2.59 bits per heavy atom. The van der Waals surface area contributed by atoms with E-state index in [0.717, 1.165) is 12.8 Å². The van der Waals surface area contributed by atoms with E-state index in [1.807, 2.05) is 0 Å². The van der Waals surface area contributed by atoms with Gasteiger partial charge in [-0.15, -0.1) is 0 Å². The standard InChI is InChI=1S/C12H15NO4/c1-7-5-8(6-17-7)10(14)13-12(2,11(15)16)9-3-4-9/h5-6,9H,3-4H2,1-2H3,(H,13,14)(H,15,16). The Morgan fingerprint density at radius 1 is 1.53 bits per heavy atom. The molecule has 1 fully saturated rings. The minimum atomic E-state index is -1.18. The summed E-state index contributed by atoms with van der Waals surface area (Å²) in [6.07, 6.45) is 3.01. The molecule has 5 heteroatoms. The maximum Gasteiger partial charge on any atom is 0.329 e. The van der Waals surface area contributed by atoms with Gasteiger partial charge in [-0.25, -0.2) is 4.79 Å². The molecule has 1 heterocycles. The van der Waals surface area contributed by atoms with Gasteiger partial charge in [0.2, 0.25) is 0 Å². The second kappa shape index (κ2) is 3.91. The first-order valence-corrected chi connectivity index (χ1v) is 5.54. The Labute approximate surface area is 98.8 Å². The Morgan fingerprint density at radius 2 is 2.18 bits per heavy atom. The van der Waals surface area contributed by atoms with Gasteiger partial charge >= 0.3 is 5.97 Å². The fraction of sp³-hybridized carbons (Fsp3) is 0.500. The van der Waals surface area contributed by atoms with Crippen LogP contribution < -0.4 is 5.32 Å². The molecule has 1 amide bonds. The molecular formula is C12H15NO4. The zero-order valence-electron chi connectivity index (χ0n) is 9.82. The monoisotopic (exact) mass is 237 g/mol. The van der Waals surface area contributed by atoms with Gasteiger partial charge in [0.1, 0.15) is 17.6 Å². The van der Waals surface area contributed by atoms with Crippen molar-refractivity contribution in [3.8, 4) is 0 Å². The van der Waals surface area contributed by atoms with Crippen LogP contribution in [0, 0.1) is 12.8 Å². The van der Waals surface area contributed by atoms with Crippen molar-refractivity contribution in [3.05, 3.63) is 23.7 Å². The average molecular weight is 237 g/mol. The Balaban J connectivity index is 2.14. The molecule has 0 spiro atoms. The summed E-state index contributed by atoms with van der Waals surface area (Å²) >= 11 is 0. The third kappa shape index (κ3) is 2.18. The molecule has 2 rings (SSSR count). The smallest absolute Gasteiger partial charge is 0.329 e. The maximum absolute atomic E-state index is 11.9. The molecule has 0 radical (unpaired) electrons. The van der Waals surface area contributed by atoms with Crippen LogP contribution in [0.2, 0.25) is 0 Å². The molecule has 1 saturated carbocycles. The predicted molar refractivity (Wildman–Crippen MR) is 59.7 cm³/mol. The van der Waals surface area contributed by atoms with Gasteiger partial charge in [0.25, 0.3) is 5.91 Å². The summed E-state index contributed by atoms with van der Waals surface area (Å²) in [5.74, 6) is -0.747. The second-order valence-electron chi connectivity index (χ2n) is 4.68. The number of carboxylic acid groups (broad SMARTS) is 1. The van der Waals surface area contributed by atoms with Gasteiger partial charge in [-0.1, -0.05) is 0 Å². The van der Waals surface area contributed by atoms with Crippen molar-refractivity contribution >= 4 is 11.9 Å². The first kappa shape index (κ1) is 11.7. The number of nitrogens with one attached hydrogen (secondary N) is 1. The molecule has 5 nitrogen and oxygen atoms in total. The summed E-state index contributed by atoms with van der Waals surface area (Å²) in [4.78, 5) is 23.1. The zero-order chi connectivity index (χ0) is 12.6. The Bertz CT molecular complexity index is 461. The number of rotatable bonds is 4. The van der Waals surface area contributed by atoms with Gasteiger partial charge in [-0.3, -0.25) is 4.79 Å². The molecule has 1 atom stereocenters. The quantitative estimate of drug-likeness (QED) is 0.833. The molecule has 1 aliphatic carbocycles. The van der Waals surface area contributed by atoms with Crippen LogP contribution in [-0.2, 0) is 4.79 Å². The molecule has 0 aliphatic heterocycles. The molecule has 1 aromatic rings. The molecule has 0 aromatic carbocycles. The highest BCUT2D eigenvalue weighted by Crippen LogP contribution is 2.39. The molecule has 1 aromatic heterocycles. The number of carboxylic acids is 1. The van der Waals surface area contributed by atoms with Crippen LogP contribution >= 0.6 is 0 Å². The predicted octanol–water partition coefficient (Wildman–Crippen LogP) is 1.57. The highest BCUT2D eigenvalue weighted by molar-refractivity contribution is 5.97. The number of carbonyl (C=O) groups is 2. The minimum Gasteiger partial charge on any atom is -0.480 e. The molecule has 1 aliphatic rings. The lowest BCUT2D eigenvalue weighted by Gasteiger charge is -2.25. The summed E-state index contributed by atoms with van der Waals surface area (Å²) in [7, 11) is 0. The lowest BCUT2D eigenvalue weighted by atomic mass is 9.95. The average Bonchev–Trinajstić information content (AvgIpc) is 3.01. The molecule has 17 heavy (non-hydrogen) atoms. The third-order valence-electron chi connectivity index (χ3n) is 3.20. The first-order valence-electron chi connectivity index (χ1n) is 5.54. The minimum absolute atomic E-state index is 0.0250. The number of carbonyl (C=O) groups excluding carboxylic acids is 1. The lowest BCUT2D eigenvalue weighted by molar-refractivity contribution is -0.144. The highest BCUT2D eigenvalue weighted by atomic mass is 16.4. The van der Waals surface area contributed by atoms with Crippen molar-refractivity contribution < 1.29 is 19.1 Å². The number of amides is 1. The fourth-order valence-corrected chi connectivity index (χ4v) is 1.86. The van der Waals surface area contributed by atoms with E-state index in [0.29, 0.717) is 11.3 Å². The summed E-state index contributed by atoms with van der Waals surface area (Å²) in [6.45, 7) is 3.28. The normalized spacial score (nSPS) is 18.5. The van der Waals surface area contributed by atoms with E-state index in [9.17, 15) is 14.7 Å². The number of hydrogen-bond acceptors (Lipinski definition) is 3. The van der Waals surface area contributed by atoms with Gasteiger partial charge in [-0.05, 0) is 38.7 Å². The van der Waals surface area contributed by atoms with Crippen molar-refractivity contribution in [1.29, 1.82) is 0 Å². The summed E-state index contributed by atoms with van der Waals surface area (Å²) in [6, 6.07) is 1.59. The summed E-state index contributed by atoms with van der Waals surface area (Å²) in [5, 5.41) is 11.8. The van der Waals surface area contributed by atoms with E-state index < -0.39 is 17.4 Å². The van der Waals surface area contributed by atoms with E-state index in [1.54, 1.807) is 19.9 Å². The molecular weight excluding hydrogens is 222 g/mol. The second-order valence-corrected chi connectivity index (χ2v) is 4.68. The number of hydrogen-bond donors (Lipinski definition) is 2. The zero-order valence-corrected chi connectivity index (χ0v) is 9.82. The largest absolute Gasteiger partial charge is 0.480 e. The van der Waals surface area contributed by atoms with Crippen molar-refractivity contribution in [1.82, 2.24) is 5.32 Å². The number of furan rings is 1. The van der Waals surface area contributed by atoms with Crippen molar-refractivity contribution in [2.24, 2.45) is 5.92 Å². The highest BCUT2D eigenvalue weighted by Gasteiger charge is 2.48. The van der Waals surface area contributed by atoms with E-state index in [-0.39, 0.29) is 5.92 Å². The van der Waals surface area contributed by atoms with Gasteiger partial charge < -0.3 is 14.8 Å². The topological polar surface area (TPSA) is 79.5 Å². The molecule has 2 N–H and O–H groups in total. The molecule has 0 bridgehead atoms. The first-order chi connectivity index (χ1) is 7.93. The fourth-order valence-electron chi connectivity index (χ4n) is 1.86. The van der Waals surface area contributed by atoms with Crippen molar-refractivity contribution in [2.75, 3.05) is 0 Å². The van der Waals surface area contributed by atoms with Crippen LogP contribution in [0.3, 0.4) is 0 Å². The number of aliphatic carboxylic acids is 1. The SMILES string of the molecule is Cc1cc(C(=O)NC(C)(C(=O)O)C2CC2)co1. The van der Waals surface area contributed by atoms with Crippen LogP contribution in [0.15, 0.2) is 16.7 Å². The third-order valence-corrected chi connectivity index (χ3v) is 3.20. The summed E-state index contributed by atoms with van der Waals surface area (Å²) < 4.78 is 5.03. The van der Waals surface area contributed by atoms with E-state index in [2.05, 4.69) is 5.32 Å². The van der Waals surface area contributed by atoms with E-state index in [1.165, 1.54) is 6.26 Å². The van der Waals surface area contributed by atoms with Gasteiger partial charge in [0.15, 0.2) is 0 Å². The maximum atomic E-state index is 11.9. The van der Waals surface area contributed by atoms with Gasteiger partial charge in [0, 0.05) is 0 Å². The van der Waals surface area contributed by atoms with E-state index >= 15 is 0 Å². The molecule has 1 unspecified atom stereocenters. The van der Waals surface area contributed by atoms with Crippen LogP contribution in [0.1, 0.15) is 35.9 Å². The van der Waals surface area contributed by atoms with Gasteiger partial charge in [-0.2, -0.15) is 0 Å². The Hall–Kier alpha value is -1.78. The molecule has 92 valence electrons.